The number of nitrogens with two attached hydrogens (primary N) is 1. The van der Waals surface area contributed by atoms with Gasteiger partial charge < -0.3 is 11.1 Å². The van der Waals surface area contributed by atoms with Gasteiger partial charge in [0.2, 0.25) is 5.91 Å². The molecule has 0 radical (unpaired) electrons. The number of hydrogen-bond acceptors (Lipinski definition) is 3. The van der Waals surface area contributed by atoms with Gasteiger partial charge in [-0.25, -0.2) is 0 Å². The fourth-order valence-electron chi connectivity index (χ4n) is 2.47. The van der Waals surface area contributed by atoms with Crippen LogP contribution in [0, 0.1) is 5.92 Å². The Hall–Kier alpha value is -1.55. The fourth-order valence-corrected chi connectivity index (χ4v) is 2.78. The van der Waals surface area contributed by atoms with Crippen molar-refractivity contribution < 1.29 is 4.79 Å². The minimum Gasteiger partial charge on any atom is -0.398 e. The minimum absolute atomic E-state index is 0.0877. The Morgan fingerprint density at radius 3 is 3.00 bits per heavy atom. The Bertz CT molecular complexity index is 542. The zero-order valence-corrected chi connectivity index (χ0v) is 12.6. The van der Waals surface area contributed by atoms with Crippen LogP contribution in [0.25, 0.3) is 0 Å². The molecule has 0 bridgehead atoms. The van der Waals surface area contributed by atoms with Gasteiger partial charge in [0.25, 0.3) is 0 Å². The third-order valence-electron chi connectivity index (χ3n) is 3.70. The van der Waals surface area contributed by atoms with E-state index in [9.17, 15) is 4.79 Å². The molecule has 1 aromatic rings. The molecular weight excluding hydrogens is 274 g/mol. The van der Waals surface area contributed by atoms with E-state index in [0.717, 1.165) is 22.6 Å². The average molecular weight is 294 g/mol. The van der Waals surface area contributed by atoms with Crippen LogP contribution in [-0.2, 0) is 4.79 Å². The first-order valence-electron chi connectivity index (χ1n) is 6.85. The van der Waals surface area contributed by atoms with Crippen molar-refractivity contribution in [2.45, 2.75) is 25.7 Å². The first kappa shape index (κ1) is 14.9. The van der Waals surface area contributed by atoms with E-state index < -0.39 is 0 Å². The summed E-state index contributed by atoms with van der Waals surface area (Å²) in [5, 5.41) is 3.66. The van der Waals surface area contributed by atoms with Crippen molar-refractivity contribution in [3.63, 3.8) is 0 Å². The summed E-state index contributed by atoms with van der Waals surface area (Å²) in [6.45, 7) is 2.55. The molecule has 0 saturated heterocycles. The fraction of sp³-hybridized carbons (Fsp3) is 0.467. The van der Waals surface area contributed by atoms with Gasteiger partial charge in [-0.05, 0) is 36.0 Å². The van der Waals surface area contributed by atoms with Gasteiger partial charge in [0.05, 0.1) is 0 Å². The Labute approximate surface area is 124 Å². The predicted molar refractivity (Wildman–Crippen MR) is 83.5 cm³/mol. The molecule has 1 fully saturated rings. The number of rotatable bonds is 5. The van der Waals surface area contributed by atoms with Crippen LogP contribution in [0.5, 0.6) is 0 Å². The number of benzene rings is 1. The second-order valence-electron chi connectivity index (χ2n) is 5.11. The van der Waals surface area contributed by atoms with Crippen LogP contribution in [0.15, 0.2) is 17.1 Å². The number of carbonyl (C=O) groups excluding carboxylic acids is 1. The maximum atomic E-state index is 11.3. The smallest absolute Gasteiger partial charge is 0.219 e. The van der Waals surface area contributed by atoms with Gasteiger partial charge in [0.15, 0.2) is 0 Å². The van der Waals surface area contributed by atoms with E-state index >= 15 is 0 Å². The molecule has 2 unspecified atom stereocenters. The summed E-state index contributed by atoms with van der Waals surface area (Å²) < 4.78 is 0. The normalized spacial score (nSPS) is 21.1. The molecule has 5 heteroatoms. The Balaban J connectivity index is 2.14. The van der Waals surface area contributed by atoms with Crippen LogP contribution in [0.1, 0.15) is 36.8 Å². The maximum Gasteiger partial charge on any atom is 0.219 e. The monoisotopic (exact) mass is 293 g/mol. The number of carbonyl (C=O) groups is 1. The van der Waals surface area contributed by atoms with Gasteiger partial charge in [-0.2, -0.15) is 0 Å². The van der Waals surface area contributed by atoms with Gasteiger partial charge >= 0.3 is 0 Å². The summed E-state index contributed by atoms with van der Waals surface area (Å²) >= 11 is 6.32. The molecule has 0 heterocycles. The minimum atomic E-state index is 0.0877. The molecule has 1 aromatic carbocycles. The molecule has 1 aliphatic carbocycles. The third-order valence-corrected chi connectivity index (χ3v) is 4.03. The average Bonchev–Trinajstić information content (AvgIpc) is 3.20. The zero-order chi connectivity index (χ0) is 14.7. The van der Waals surface area contributed by atoms with E-state index in [0.29, 0.717) is 30.5 Å². The number of hydrogen-bond donors (Lipinski definition) is 2. The van der Waals surface area contributed by atoms with Crippen LogP contribution < -0.4 is 11.1 Å². The first-order chi connectivity index (χ1) is 9.58. The SMILES string of the molecule is CCC(=O)NCC1CC1c1c(Cl)ccc(N)c1C=NC. The Morgan fingerprint density at radius 1 is 1.60 bits per heavy atom. The summed E-state index contributed by atoms with van der Waals surface area (Å²) in [7, 11) is 1.72. The van der Waals surface area contributed by atoms with E-state index in [1.165, 1.54) is 0 Å². The van der Waals surface area contributed by atoms with Crippen LogP contribution in [0.4, 0.5) is 5.69 Å². The number of nitrogen functional groups attached to an aromatic ring is 1. The zero-order valence-electron chi connectivity index (χ0n) is 11.8. The van der Waals surface area contributed by atoms with Crippen molar-refractivity contribution in [2.24, 2.45) is 10.9 Å². The third kappa shape index (κ3) is 3.12. The van der Waals surface area contributed by atoms with Gasteiger partial charge in [0.1, 0.15) is 0 Å². The molecule has 1 amide bonds. The standard InChI is InChI=1S/C15H20ClN3O/c1-3-14(20)19-7-9-6-10(9)15-11(8-18-2)13(17)5-4-12(15)16/h4-5,8-10H,3,6-7,17H2,1-2H3,(H,19,20). The van der Waals surface area contributed by atoms with Crippen molar-refractivity contribution in [3.05, 3.63) is 28.3 Å². The highest BCUT2D eigenvalue weighted by atomic mass is 35.5. The highest BCUT2D eigenvalue weighted by molar-refractivity contribution is 6.32. The van der Waals surface area contributed by atoms with Crippen molar-refractivity contribution in [1.29, 1.82) is 0 Å². The van der Waals surface area contributed by atoms with E-state index in [4.69, 9.17) is 17.3 Å². The van der Waals surface area contributed by atoms with Crippen molar-refractivity contribution >= 4 is 29.4 Å². The summed E-state index contributed by atoms with van der Waals surface area (Å²) in [6, 6.07) is 3.64. The molecule has 3 N–H and O–H groups in total. The lowest BCUT2D eigenvalue weighted by molar-refractivity contribution is -0.120. The van der Waals surface area contributed by atoms with E-state index in [-0.39, 0.29) is 5.91 Å². The molecule has 0 aromatic heterocycles. The summed E-state index contributed by atoms with van der Waals surface area (Å²) in [5.74, 6) is 0.884. The summed E-state index contributed by atoms with van der Waals surface area (Å²) in [5.41, 5.74) is 8.68. The highest BCUT2D eigenvalue weighted by Crippen LogP contribution is 2.51. The lowest BCUT2D eigenvalue weighted by Gasteiger charge is -2.11. The van der Waals surface area contributed by atoms with E-state index in [1.807, 2.05) is 13.0 Å². The second-order valence-corrected chi connectivity index (χ2v) is 5.52. The molecule has 108 valence electrons. The highest BCUT2D eigenvalue weighted by Gasteiger charge is 2.40. The van der Waals surface area contributed by atoms with Gasteiger partial charge in [-0.15, -0.1) is 0 Å². The van der Waals surface area contributed by atoms with Gasteiger partial charge in [0, 0.05) is 42.5 Å². The first-order valence-corrected chi connectivity index (χ1v) is 7.23. The molecule has 1 saturated carbocycles. The summed E-state index contributed by atoms with van der Waals surface area (Å²) in [4.78, 5) is 15.4. The Kier molecular flexibility index (Phi) is 4.65. The number of anilines is 1. The number of nitrogens with zero attached hydrogens (tertiary/aromatic N) is 1. The van der Waals surface area contributed by atoms with Gasteiger partial charge in [-0.1, -0.05) is 18.5 Å². The quantitative estimate of drug-likeness (QED) is 0.647. The van der Waals surface area contributed by atoms with Crippen molar-refractivity contribution in [3.8, 4) is 0 Å². The van der Waals surface area contributed by atoms with E-state index in [1.54, 1.807) is 19.3 Å². The van der Waals surface area contributed by atoms with Crippen LogP contribution >= 0.6 is 11.6 Å². The lowest BCUT2D eigenvalue weighted by Crippen LogP contribution is -2.24. The van der Waals surface area contributed by atoms with Crippen LogP contribution in [0.3, 0.4) is 0 Å². The largest absolute Gasteiger partial charge is 0.398 e. The van der Waals surface area contributed by atoms with Crippen molar-refractivity contribution in [2.75, 3.05) is 19.3 Å². The van der Waals surface area contributed by atoms with E-state index in [2.05, 4.69) is 10.3 Å². The Morgan fingerprint density at radius 2 is 2.35 bits per heavy atom. The van der Waals surface area contributed by atoms with Crippen LogP contribution in [0.2, 0.25) is 5.02 Å². The maximum absolute atomic E-state index is 11.3. The number of nitrogens with one attached hydrogen (secondary N) is 1. The predicted octanol–water partition coefficient (Wildman–Crippen LogP) is 2.60. The molecule has 2 rings (SSSR count). The lowest BCUT2D eigenvalue weighted by atomic mass is 10.0. The molecule has 4 nitrogen and oxygen atoms in total. The van der Waals surface area contributed by atoms with Crippen LogP contribution in [-0.4, -0.2) is 25.7 Å². The molecule has 0 aliphatic heterocycles. The summed E-state index contributed by atoms with van der Waals surface area (Å²) in [6.07, 6.45) is 3.30. The molecular formula is C15H20ClN3O. The number of amides is 1. The van der Waals surface area contributed by atoms with Gasteiger partial charge in [-0.3, -0.25) is 9.79 Å². The number of aliphatic imine (C=N–C) groups is 1. The molecule has 1 aliphatic rings. The van der Waals surface area contributed by atoms with Crippen molar-refractivity contribution in [1.82, 2.24) is 5.32 Å². The molecule has 0 spiro atoms. The molecule has 2 atom stereocenters. The molecule has 20 heavy (non-hydrogen) atoms. The number of halogens is 1. The topological polar surface area (TPSA) is 67.5 Å². The second kappa shape index (κ2) is 6.27.